The van der Waals surface area contributed by atoms with E-state index in [0.29, 0.717) is 11.4 Å². The fourth-order valence-corrected chi connectivity index (χ4v) is 5.96. The van der Waals surface area contributed by atoms with Crippen molar-refractivity contribution in [3.63, 3.8) is 0 Å². The number of hydrogen-bond donors (Lipinski definition) is 2. The lowest BCUT2D eigenvalue weighted by Gasteiger charge is -2.39. The standard InChI is InChI=1S/C27H45N5O5S/c1-9-17(4)23(29-24(34)20-12-10-11-13-30(20)6)26(35)32(8)21(16(2)3)14-22(31(7)18(5)33)25-28-19(15-38-25)27(36)37/h15-17,20-23H,9-14H2,1-8H3,(H,29,34)(H,36,37). The first kappa shape index (κ1) is 31.7. The van der Waals surface area contributed by atoms with Crippen LogP contribution in [-0.4, -0.2) is 94.3 Å². The Morgan fingerprint density at radius 1 is 1.18 bits per heavy atom. The van der Waals surface area contributed by atoms with Crippen LogP contribution in [0, 0.1) is 11.8 Å². The van der Waals surface area contributed by atoms with E-state index in [0.717, 1.165) is 32.2 Å². The molecule has 2 rings (SSSR count). The lowest BCUT2D eigenvalue weighted by Crippen LogP contribution is -2.58. The Balaban J connectivity index is 2.32. The van der Waals surface area contributed by atoms with Gasteiger partial charge in [0.2, 0.25) is 17.7 Å². The minimum atomic E-state index is -1.12. The SMILES string of the molecule is CCC(C)C(NC(=O)C1CCCCN1C)C(=O)N(C)C(CC(c1nc(C(=O)O)cs1)N(C)C(C)=O)C(C)C. The van der Waals surface area contributed by atoms with Crippen LogP contribution in [0.25, 0.3) is 0 Å². The first-order valence-corrected chi connectivity index (χ1v) is 14.4. The van der Waals surface area contributed by atoms with E-state index >= 15 is 0 Å². The molecule has 0 radical (unpaired) electrons. The summed E-state index contributed by atoms with van der Waals surface area (Å²) in [4.78, 5) is 60.5. The van der Waals surface area contributed by atoms with E-state index in [4.69, 9.17) is 0 Å². The molecule has 1 aromatic rings. The molecule has 5 unspecified atom stereocenters. The number of rotatable bonds is 12. The third-order valence-corrected chi connectivity index (χ3v) is 8.87. The van der Waals surface area contributed by atoms with Crippen molar-refractivity contribution in [2.24, 2.45) is 11.8 Å². The fourth-order valence-electron chi connectivity index (χ4n) is 5.01. The van der Waals surface area contributed by atoms with E-state index in [1.807, 2.05) is 34.7 Å². The number of likely N-dealkylation sites (tertiary alicyclic amines) is 1. The summed E-state index contributed by atoms with van der Waals surface area (Å²) >= 11 is 1.19. The maximum atomic E-state index is 13.9. The summed E-state index contributed by atoms with van der Waals surface area (Å²) in [6.45, 7) is 10.3. The molecule has 1 aromatic heterocycles. The second-order valence-electron chi connectivity index (χ2n) is 10.9. The maximum Gasteiger partial charge on any atom is 0.355 e. The Hall–Kier alpha value is -2.53. The highest BCUT2D eigenvalue weighted by molar-refractivity contribution is 7.09. The van der Waals surface area contributed by atoms with Gasteiger partial charge in [-0.3, -0.25) is 19.3 Å². The van der Waals surface area contributed by atoms with Gasteiger partial charge in [-0.05, 0) is 44.7 Å². The molecule has 1 aliphatic heterocycles. The molecule has 214 valence electrons. The van der Waals surface area contributed by atoms with Crippen LogP contribution in [0.4, 0.5) is 0 Å². The average Bonchev–Trinajstić information content (AvgIpc) is 3.36. The molecule has 1 fully saturated rings. The molecule has 1 saturated heterocycles. The van der Waals surface area contributed by atoms with Gasteiger partial charge in [0.25, 0.3) is 0 Å². The second kappa shape index (κ2) is 14.0. The zero-order valence-corrected chi connectivity index (χ0v) is 24.9. The largest absolute Gasteiger partial charge is 0.476 e. The van der Waals surface area contributed by atoms with Crippen LogP contribution in [0.1, 0.15) is 88.3 Å². The van der Waals surface area contributed by atoms with Crippen molar-refractivity contribution in [3.05, 3.63) is 16.1 Å². The molecule has 0 saturated carbocycles. The highest BCUT2D eigenvalue weighted by Crippen LogP contribution is 2.32. The van der Waals surface area contributed by atoms with E-state index in [1.54, 1.807) is 23.9 Å². The number of nitrogens with zero attached hydrogens (tertiary/aromatic N) is 4. The van der Waals surface area contributed by atoms with Crippen LogP contribution >= 0.6 is 11.3 Å². The van der Waals surface area contributed by atoms with Crippen molar-refractivity contribution in [1.82, 2.24) is 25.0 Å². The number of nitrogens with one attached hydrogen (secondary N) is 1. The van der Waals surface area contributed by atoms with Crippen molar-refractivity contribution in [3.8, 4) is 0 Å². The monoisotopic (exact) mass is 551 g/mol. The molecule has 38 heavy (non-hydrogen) atoms. The first-order valence-electron chi connectivity index (χ1n) is 13.5. The summed E-state index contributed by atoms with van der Waals surface area (Å²) in [5.41, 5.74) is -0.0651. The van der Waals surface area contributed by atoms with Gasteiger partial charge in [0.05, 0.1) is 12.1 Å². The smallest absolute Gasteiger partial charge is 0.355 e. The Morgan fingerprint density at radius 3 is 2.34 bits per heavy atom. The maximum absolute atomic E-state index is 13.9. The van der Waals surface area contributed by atoms with Crippen LogP contribution in [0.2, 0.25) is 0 Å². The van der Waals surface area contributed by atoms with Gasteiger partial charge in [-0.1, -0.05) is 40.5 Å². The molecule has 0 aromatic carbocycles. The quantitative estimate of drug-likeness (QED) is 0.409. The summed E-state index contributed by atoms with van der Waals surface area (Å²) in [5.74, 6) is -1.62. The number of hydrogen-bond acceptors (Lipinski definition) is 7. The number of carbonyl (C=O) groups excluding carboxylic acids is 3. The molecular formula is C27H45N5O5S. The molecule has 2 heterocycles. The summed E-state index contributed by atoms with van der Waals surface area (Å²) < 4.78 is 0. The molecule has 0 bridgehead atoms. The number of aromatic nitrogens is 1. The van der Waals surface area contributed by atoms with Crippen LogP contribution in [0.5, 0.6) is 0 Å². The zero-order valence-electron chi connectivity index (χ0n) is 24.1. The predicted molar refractivity (Wildman–Crippen MR) is 148 cm³/mol. The van der Waals surface area contributed by atoms with Crippen molar-refractivity contribution in [2.75, 3.05) is 27.7 Å². The van der Waals surface area contributed by atoms with Gasteiger partial charge < -0.3 is 20.2 Å². The molecule has 0 aliphatic carbocycles. The molecule has 2 N–H and O–H groups in total. The normalized spacial score (nSPS) is 19.3. The predicted octanol–water partition coefficient (Wildman–Crippen LogP) is 3.25. The first-order chi connectivity index (χ1) is 17.8. The van der Waals surface area contributed by atoms with E-state index in [9.17, 15) is 24.3 Å². The van der Waals surface area contributed by atoms with Crippen molar-refractivity contribution < 1.29 is 24.3 Å². The lowest BCUT2D eigenvalue weighted by atomic mass is 9.91. The highest BCUT2D eigenvalue weighted by atomic mass is 32.1. The van der Waals surface area contributed by atoms with Crippen molar-refractivity contribution in [1.29, 1.82) is 0 Å². The van der Waals surface area contributed by atoms with Crippen molar-refractivity contribution >= 4 is 35.0 Å². The van der Waals surface area contributed by atoms with Crippen LogP contribution in [0.15, 0.2) is 5.38 Å². The molecule has 5 atom stereocenters. The Kier molecular flexibility index (Phi) is 11.7. The number of likely N-dealkylation sites (N-methyl/N-ethyl adjacent to an activating group) is 2. The molecule has 0 spiro atoms. The van der Waals surface area contributed by atoms with Gasteiger partial charge in [-0.25, -0.2) is 9.78 Å². The van der Waals surface area contributed by atoms with Crippen LogP contribution in [0.3, 0.4) is 0 Å². The number of aromatic carboxylic acids is 1. The van der Waals surface area contributed by atoms with Gasteiger partial charge in [0, 0.05) is 32.4 Å². The number of thiazole rings is 1. The lowest BCUT2D eigenvalue weighted by molar-refractivity contribution is -0.141. The number of carbonyl (C=O) groups is 4. The van der Waals surface area contributed by atoms with Crippen LogP contribution < -0.4 is 5.32 Å². The number of piperidine rings is 1. The minimum absolute atomic E-state index is 0.0310. The topological polar surface area (TPSA) is 123 Å². The van der Waals surface area contributed by atoms with Crippen LogP contribution in [-0.2, 0) is 14.4 Å². The van der Waals surface area contributed by atoms with E-state index in [-0.39, 0.29) is 47.3 Å². The number of amides is 3. The molecule has 11 heteroatoms. The van der Waals surface area contributed by atoms with Crippen molar-refractivity contribution in [2.45, 2.75) is 90.9 Å². The number of carboxylic acids is 1. The van der Waals surface area contributed by atoms with Gasteiger partial charge in [0.15, 0.2) is 5.69 Å². The number of carboxylic acid groups (broad SMARTS) is 1. The molecular weight excluding hydrogens is 506 g/mol. The zero-order chi connectivity index (χ0) is 28.7. The summed E-state index contributed by atoms with van der Waals surface area (Å²) in [6, 6.07) is -1.69. The molecule has 3 amide bonds. The van der Waals surface area contributed by atoms with Gasteiger partial charge in [-0.15, -0.1) is 11.3 Å². The van der Waals surface area contributed by atoms with E-state index in [1.165, 1.54) is 23.6 Å². The minimum Gasteiger partial charge on any atom is -0.476 e. The fraction of sp³-hybridized carbons (Fsp3) is 0.741. The Labute approximate surface area is 230 Å². The third-order valence-electron chi connectivity index (χ3n) is 7.92. The Bertz CT molecular complexity index is 983. The average molecular weight is 552 g/mol. The van der Waals surface area contributed by atoms with Gasteiger partial charge in [0.1, 0.15) is 11.0 Å². The van der Waals surface area contributed by atoms with Gasteiger partial charge >= 0.3 is 5.97 Å². The Morgan fingerprint density at radius 2 is 1.84 bits per heavy atom. The summed E-state index contributed by atoms with van der Waals surface area (Å²) in [6.07, 6.45) is 3.94. The molecule has 1 aliphatic rings. The summed E-state index contributed by atoms with van der Waals surface area (Å²) in [5, 5.41) is 14.4. The van der Waals surface area contributed by atoms with Gasteiger partial charge in [-0.2, -0.15) is 0 Å². The highest BCUT2D eigenvalue weighted by Gasteiger charge is 2.37. The molecule has 10 nitrogen and oxygen atoms in total. The third kappa shape index (κ3) is 7.75. The van der Waals surface area contributed by atoms with E-state index < -0.39 is 18.1 Å². The summed E-state index contributed by atoms with van der Waals surface area (Å²) in [7, 11) is 5.36. The van der Waals surface area contributed by atoms with E-state index in [2.05, 4.69) is 15.2 Å². The second-order valence-corrected chi connectivity index (χ2v) is 11.8.